The van der Waals surface area contributed by atoms with E-state index in [0.717, 1.165) is 33.7 Å². The molecule has 1 N–H and O–H groups in total. The van der Waals surface area contributed by atoms with Crippen molar-refractivity contribution in [1.82, 2.24) is 15.1 Å². The average molecular weight is 458 g/mol. The van der Waals surface area contributed by atoms with Crippen molar-refractivity contribution in [2.45, 2.75) is 32.5 Å². The van der Waals surface area contributed by atoms with Gasteiger partial charge in [0.2, 0.25) is 0 Å². The molecule has 1 aliphatic rings. The molecule has 6 heteroatoms. The number of fused-ring (bicyclic) bond motifs is 1. The van der Waals surface area contributed by atoms with E-state index in [2.05, 4.69) is 10.2 Å². The summed E-state index contributed by atoms with van der Waals surface area (Å²) in [4.78, 5) is 15.2. The van der Waals surface area contributed by atoms with Gasteiger partial charge in [0.15, 0.2) is 0 Å². The quantitative estimate of drug-likeness (QED) is 0.371. The normalized spacial score (nSPS) is 15.2. The van der Waals surface area contributed by atoms with Crippen molar-refractivity contribution in [1.29, 1.82) is 0 Å². The van der Waals surface area contributed by atoms with Crippen LogP contribution in [0.15, 0.2) is 78.9 Å². The Hall–Kier alpha value is -3.57. The zero-order valence-corrected chi connectivity index (χ0v) is 19.2. The number of nitrogens with zero attached hydrogens (tertiary/aromatic N) is 2. The summed E-state index contributed by atoms with van der Waals surface area (Å²) in [6, 6.07) is 25.4. The number of halogens is 1. The van der Waals surface area contributed by atoms with Crippen molar-refractivity contribution in [3.8, 4) is 17.0 Å². The van der Waals surface area contributed by atoms with Crippen LogP contribution in [0.1, 0.15) is 47.1 Å². The van der Waals surface area contributed by atoms with E-state index < -0.39 is 0 Å². The van der Waals surface area contributed by atoms with E-state index in [-0.39, 0.29) is 18.0 Å². The van der Waals surface area contributed by atoms with Crippen LogP contribution in [0.5, 0.6) is 5.75 Å². The molecule has 0 saturated heterocycles. The summed E-state index contributed by atoms with van der Waals surface area (Å²) in [5, 5.41) is 8.14. The first kappa shape index (κ1) is 21.3. The first-order valence-electron chi connectivity index (χ1n) is 11.0. The van der Waals surface area contributed by atoms with Gasteiger partial charge in [0.05, 0.1) is 11.7 Å². The number of hydrogen-bond donors (Lipinski definition) is 1. The number of aromatic nitrogens is 2. The van der Waals surface area contributed by atoms with Gasteiger partial charge in [-0.3, -0.25) is 9.89 Å². The first-order chi connectivity index (χ1) is 16.0. The van der Waals surface area contributed by atoms with E-state index in [1.54, 1.807) is 0 Å². The van der Waals surface area contributed by atoms with Gasteiger partial charge in [-0.15, -0.1) is 0 Å². The van der Waals surface area contributed by atoms with Gasteiger partial charge in [0.25, 0.3) is 5.91 Å². The predicted molar refractivity (Wildman–Crippen MR) is 129 cm³/mol. The van der Waals surface area contributed by atoms with E-state index in [1.807, 2.05) is 97.6 Å². The molecule has 0 fully saturated rings. The molecular formula is C27H24ClN3O2. The standard InChI is InChI=1S/C27H24ClN3O2/c1-17(2)31-26(20-10-14-22(15-11-20)33-16-18-6-4-3-5-7-18)23-24(29-30-25(23)27(31)32)19-8-12-21(28)13-9-19/h3-15,17,26H,16H2,1-2H3,(H,29,30). The second-order valence-corrected chi connectivity index (χ2v) is 8.86. The predicted octanol–water partition coefficient (Wildman–Crippen LogP) is 6.26. The summed E-state index contributed by atoms with van der Waals surface area (Å²) in [6.45, 7) is 4.57. The van der Waals surface area contributed by atoms with Gasteiger partial charge in [0, 0.05) is 22.2 Å². The van der Waals surface area contributed by atoms with Crippen LogP contribution < -0.4 is 4.74 Å². The van der Waals surface area contributed by atoms with Crippen LogP contribution in [0.4, 0.5) is 0 Å². The number of nitrogens with one attached hydrogen (secondary N) is 1. The molecule has 5 nitrogen and oxygen atoms in total. The number of carbonyl (C=O) groups excluding carboxylic acids is 1. The maximum Gasteiger partial charge on any atom is 0.273 e. The third-order valence-corrected chi connectivity index (χ3v) is 6.17. The highest BCUT2D eigenvalue weighted by Gasteiger charge is 2.43. The Kier molecular flexibility index (Phi) is 5.65. The minimum absolute atomic E-state index is 0.0235. The Bertz CT molecular complexity index is 1270. The second-order valence-electron chi connectivity index (χ2n) is 8.42. The largest absolute Gasteiger partial charge is 0.489 e. The lowest BCUT2D eigenvalue weighted by atomic mass is 9.95. The molecule has 0 radical (unpaired) electrons. The molecule has 1 aliphatic heterocycles. The summed E-state index contributed by atoms with van der Waals surface area (Å²) in [5.74, 6) is 0.746. The Morgan fingerprint density at radius 2 is 1.70 bits per heavy atom. The van der Waals surface area contributed by atoms with E-state index in [1.165, 1.54) is 0 Å². The maximum atomic E-state index is 13.3. The molecule has 1 aromatic heterocycles. The Balaban J connectivity index is 1.48. The van der Waals surface area contributed by atoms with Crippen LogP contribution in [-0.2, 0) is 6.61 Å². The highest BCUT2D eigenvalue weighted by atomic mass is 35.5. The van der Waals surface area contributed by atoms with E-state index in [0.29, 0.717) is 17.3 Å². The van der Waals surface area contributed by atoms with Crippen molar-refractivity contribution < 1.29 is 9.53 Å². The van der Waals surface area contributed by atoms with E-state index in [9.17, 15) is 4.79 Å². The SMILES string of the molecule is CC(C)N1C(=O)c2[nH]nc(-c3ccc(Cl)cc3)c2C1c1ccc(OCc2ccccc2)cc1. The average Bonchev–Trinajstić information content (AvgIpc) is 3.38. The number of ether oxygens (including phenoxy) is 1. The summed E-state index contributed by atoms with van der Waals surface area (Å²) >= 11 is 6.08. The lowest BCUT2D eigenvalue weighted by Gasteiger charge is -2.30. The number of carbonyl (C=O) groups is 1. The molecule has 5 rings (SSSR count). The fourth-order valence-electron chi connectivity index (χ4n) is 4.34. The fourth-order valence-corrected chi connectivity index (χ4v) is 4.47. The summed E-state index contributed by atoms with van der Waals surface area (Å²) in [6.07, 6.45) is 0. The fraction of sp³-hybridized carbons (Fsp3) is 0.185. The Morgan fingerprint density at radius 3 is 2.36 bits per heavy atom. The summed E-state index contributed by atoms with van der Waals surface area (Å²) < 4.78 is 5.95. The van der Waals surface area contributed by atoms with Crippen LogP contribution in [0, 0.1) is 0 Å². The highest BCUT2D eigenvalue weighted by Crippen LogP contribution is 2.44. The lowest BCUT2D eigenvalue weighted by molar-refractivity contribution is 0.0688. The van der Waals surface area contributed by atoms with Gasteiger partial charge in [-0.1, -0.05) is 66.2 Å². The number of hydrogen-bond acceptors (Lipinski definition) is 3. The highest BCUT2D eigenvalue weighted by molar-refractivity contribution is 6.30. The molecule has 166 valence electrons. The van der Waals surface area contributed by atoms with Crippen molar-refractivity contribution in [3.63, 3.8) is 0 Å². The molecule has 1 unspecified atom stereocenters. The molecule has 1 amide bonds. The van der Waals surface area contributed by atoms with Crippen LogP contribution in [0.2, 0.25) is 5.02 Å². The zero-order valence-electron chi connectivity index (χ0n) is 18.5. The molecule has 0 aliphatic carbocycles. The second kappa shape index (κ2) is 8.75. The smallest absolute Gasteiger partial charge is 0.273 e. The van der Waals surface area contributed by atoms with Crippen molar-refractivity contribution >= 4 is 17.5 Å². The molecule has 33 heavy (non-hydrogen) atoms. The van der Waals surface area contributed by atoms with Crippen molar-refractivity contribution in [2.24, 2.45) is 0 Å². The van der Waals surface area contributed by atoms with Crippen LogP contribution >= 0.6 is 11.6 Å². The first-order valence-corrected chi connectivity index (χ1v) is 11.3. The molecule has 2 heterocycles. The van der Waals surface area contributed by atoms with Gasteiger partial charge >= 0.3 is 0 Å². The molecule has 4 aromatic rings. The molecule has 1 atom stereocenters. The lowest BCUT2D eigenvalue weighted by Crippen LogP contribution is -2.35. The number of H-pyrrole nitrogens is 1. The summed E-state index contributed by atoms with van der Waals surface area (Å²) in [7, 11) is 0. The van der Waals surface area contributed by atoms with E-state index >= 15 is 0 Å². The minimum Gasteiger partial charge on any atom is -0.489 e. The number of amides is 1. The number of benzene rings is 3. The zero-order chi connectivity index (χ0) is 22.9. The van der Waals surface area contributed by atoms with Crippen LogP contribution in [0.3, 0.4) is 0 Å². The third kappa shape index (κ3) is 4.00. The van der Waals surface area contributed by atoms with Gasteiger partial charge < -0.3 is 9.64 Å². The monoisotopic (exact) mass is 457 g/mol. The van der Waals surface area contributed by atoms with Crippen LogP contribution in [0.25, 0.3) is 11.3 Å². The van der Waals surface area contributed by atoms with Crippen molar-refractivity contribution in [2.75, 3.05) is 0 Å². The minimum atomic E-state index is -0.236. The third-order valence-electron chi connectivity index (χ3n) is 5.92. The van der Waals surface area contributed by atoms with Gasteiger partial charge in [-0.25, -0.2) is 0 Å². The van der Waals surface area contributed by atoms with Gasteiger partial charge in [-0.2, -0.15) is 5.10 Å². The van der Waals surface area contributed by atoms with Gasteiger partial charge in [0.1, 0.15) is 18.1 Å². The number of aromatic amines is 1. The molecule has 0 saturated carbocycles. The van der Waals surface area contributed by atoms with Crippen molar-refractivity contribution in [3.05, 3.63) is 106 Å². The molecule has 0 spiro atoms. The van der Waals surface area contributed by atoms with Crippen LogP contribution in [-0.4, -0.2) is 27.0 Å². The molecule has 3 aromatic carbocycles. The summed E-state index contributed by atoms with van der Waals surface area (Å²) in [5.41, 5.74) is 5.26. The topological polar surface area (TPSA) is 58.2 Å². The maximum absolute atomic E-state index is 13.3. The van der Waals surface area contributed by atoms with E-state index in [4.69, 9.17) is 16.3 Å². The Labute approximate surface area is 198 Å². The number of rotatable bonds is 6. The molecular weight excluding hydrogens is 434 g/mol. The van der Waals surface area contributed by atoms with Gasteiger partial charge in [-0.05, 0) is 49.2 Å². The molecule has 0 bridgehead atoms. The Morgan fingerprint density at radius 1 is 1.00 bits per heavy atom.